The average Bonchev–Trinajstić information content (AvgIpc) is 2.68. The minimum atomic E-state index is -1.20. The van der Waals surface area contributed by atoms with Crippen LogP contribution in [0.15, 0.2) is 24.3 Å². The third kappa shape index (κ3) is 3.69. The van der Waals surface area contributed by atoms with Crippen LogP contribution >= 0.6 is 0 Å². The SMILES string of the molecule is N=C(N)Cc1ccc(CC2CC(=O)N(CC(=O)O)C2=O)cc1. The number of carbonyl (C=O) groups excluding carboxylic acids is 2. The number of nitrogens with one attached hydrogen (secondary N) is 1. The number of hydrogen-bond donors (Lipinski definition) is 3. The first-order valence-electron chi connectivity index (χ1n) is 6.83. The predicted molar refractivity (Wildman–Crippen MR) is 78.2 cm³/mol. The summed E-state index contributed by atoms with van der Waals surface area (Å²) in [6.45, 7) is -0.578. The first-order valence-corrected chi connectivity index (χ1v) is 6.83. The molecule has 4 N–H and O–H groups in total. The van der Waals surface area contributed by atoms with Crippen molar-refractivity contribution < 1.29 is 19.5 Å². The summed E-state index contributed by atoms with van der Waals surface area (Å²) in [5.74, 6) is -2.50. The van der Waals surface area contributed by atoms with E-state index in [0.717, 1.165) is 16.0 Å². The fourth-order valence-corrected chi connectivity index (χ4v) is 2.51. The van der Waals surface area contributed by atoms with Gasteiger partial charge in [-0.25, -0.2) is 0 Å². The van der Waals surface area contributed by atoms with Gasteiger partial charge in [-0.1, -0.05) is 24.3 Å². The summed E-state index contributed by atoms with van der Waals surface area (Å²) >= 11 is 0. The topological polar surface area (TPSA) is 125 Å². The molecule has 1 heterocycles. The summed E-state index contributed by atoms with van der Waals surface area (Å²) in [5.41, 5.74) is 7.12. The van der Waals surface area contributed by atoms with Crippen molar-refractivity contribution in [2.24, 2.45) is 11.7 Å². The molecular formula is C15H17N3O4. The highest BCUT2D eigenvalue weighted by molar-refractivity contribution is 6.05. The van der Waals surface area contributed by atoms with E-state index in [9.17, 15) is 14.4 Å². The van der Waals surface area contributed by atoms with E-state index in [4.69, 9.17) is 16.2 Å². The third-order valence-electron chi connectivity index (χ3n) is 3.53. The number of carboxylic acid groups (broad SMARTS) is 1. The number of aliphatic carboxylic acids is 1. The number of nitrogens with two attached hydrogens (primary N) is 1. The Morgan fingerprint density at radius 1 is 1.27 bits per heavy atom. The van der Waals surface area contributed by atoms with Gasteiger partial charge in [-0.3, -0.25) is 24.7 Å². The van der Waals surface area contributed by atoms with Crippen LogP contribution in [0.25, 0.3) is 0 Å². The Kier molecular flexibility index (Phi) is 4.55. The van der Waals surface area contributed by atoms with E-state index in [0.29, 0.717) is 12.8 Å². The summed E-state index contributed by atoms with van der Waals surface area (Å²) in [5, 5.41) is 15.9. The molecule has 0 saturated carbocycles. The molecule has 22 heavy (non-hydrogen) atoms. The maximum atomic E-state index is 12.1. The summed E-state index contributed by atoms with van der Waals surface area (Å²) < 4.78 is 0. The van der Waals surface area contributed by atoms with Gasteiger partial charge in [0.2, 0.25) is 11.8 Å². The van der Waals surface area contributed by atoms with E-state index in [1.165, 1.54) is 0 Å². The van der Waals surface area contributed by atoms with Crippen LogP contribution in [0.2, 0.25) is 0 Å². The van der Waals surface area contributed by atoms with Crippen molar-refractivity contribution in [2.75, 3.05) is 6.54 Å². The minimum Gasteiger partial charge on any atom is -0.480 e. The maximum Gasteiger partial charge on any atom is 0.323 e. The molecule has 1 saturated heterocycles. The average molecular weight is 303 g/mol. The third-order valence-corrected chi connectivity index (χ3v) is 3.53. The number of hydrogen-bond acceptors (Lipinski definition) is 4. The van der Waals surface area contributed by atoms with Gasteiger partial charge >= 0.3 is 5.97 Å². The molecule has 1 aliphatic heterocycles. The van der Waals surface area contributed by atoms with Crippen molar-refractivity contribution in [3.63, 3.8) is 0 Å². The Morgan fingerprint density at radius 3 is 2.41 bits per heavy atom. The molecule has 2 rings (SSSR count). The molecule has 0 radical (unpaired) electrons. The summed E-state index contributed by atoms with van der Waals surface area (Å²) in [6, 6.07) is 7.31. The van der Waals surface area contributed by atoms with Crippen molar-refractivity contribution in [3.05, 3.63) is 35.4 Å². The highest BCUT2D eigenvalue weighted by Crippen LogP contribution is 2.23. The number of benzene rings is 1. The van der Waals surface area contributed by atoms with Crippen LogP contribution in [-0.2, 0) is 27.2 Å². The van der Waals surface area contributed by atoms with Crippen LogP contribution in [0.5, 0.6) is 0 Å². The molecule has 1 unspecified atom stereocenters. The summed E-state index contributed by atoms with van der Waals surface area (Å²) in [7, 11) is 0. The smallest absolute Gasteiger partial charge is 0.323 e. The van der Waals surface area contributed by atoms with Gasteiger partial charge in [-0.05, 0) is 17.5 Å². The molecule has 7 heteroatoms. The van der Waals surface area contributed by atoms with Crippen LogP contribution in [0.1, 0.15) is 17.5 Å². The zero-order chi connectivity index (χ0) is 16.3. The van der Waals surface area contributed by atoms with Gasteiger partial charge in [0.25, 0.3) is 0 Å². The van der Waals surface area contributed by atoms with Gasteiger partial charge in [0, 0.05) is 12.8 Å². The fourth-order valence-electron chi connectivity index (χ4n) is 2.51. The Balaban J connectivity index is 2.02. The van der Waals surface area contributed by atoms with Crippen molar-refractivity contribution in [1.29, 1.82) is 5.41 Å². The molecular weight excluding hydrogens is 286 g/mol. The molecule has 1 atom stereocenters. The van der Waals surface area contributed by atoms with Gasteiger partial charge in [0.05, 0.1) is 11.8 Å². The molecule has 1 aliphatic rings. The van der Waals surface area contributed by atoms with Gasteiger partial charge in [-0.2, -0.15) is 0 Å². The lowest BCUT2D eigenvalue weighted by molar-refractivity contribution is -0.149. The second-order valence-electron chi connectivity index (χ2n) is 5.34. The number of likely N-dealkylation sites (tertiary alicyclic amines) is 1. The molecule has 1 aromatic rings. The number of amidine groups is 1. The molecule has 1 aromatic carbocycles. The van der Waals surface area contributed by atoms with Crippen molar-refractivity contribution in [1.82, 2.24) is 4.90 Å². The summed E-state index contributed by atoms with van der Waals surface area (Å²) in [4.78, 5) is 35.2. The molecule has 7 nitrogen and oxygen atoms in total. The predicted octanol–water partition coefficient (Wildman–Crippen LogP) is 0.167. The second kappa shape index (κ2) is 6.38. The number of rotatable bonds is 6. The maximum absolute atomic E-state index is 12.1. The van der Waals surface area contributed by atoms with E-state index in [1.54, 1.807) is 0 Å². The van der Waals surface area contributed by atoms with Crippen molar-refractivity contribution in [2.45, 2.75) is 19.3 Å². The van der Waals surface area contributed by atoms with Gasteiger partial charge in [0.1, 0.15) is 6.54 Å². The standard InChI is InChI=1S/C15H17N3O4/c16-12(17)6-10-3-1-9(2-4-10)5-11-7-13(19)18(15(11)22)8-14(20)21/h1-4,11H,5-8H2,(H3,16,17)(H,20,21). The monoisotopic (exact) mass is 303 g/mol. The Labute approximate surface area is 127 Å². The van der Waals surface area contributed by atoms with E-state index in [1.807, 2.05) is 24.3 Å². The van der Waals surface area contributed by atoms with Gasteiger partial charge < -0.3 is 10.8 Å². The molecule has 0 aromatic heterocycles. The minimum absolute atomic E-state index is 0.0430. The highest BCUT2D eigenvalue weighted by atomic mass is 16.4. The van der Waals surface area contributed by atoms with Gasteiger partial charge in [-0.15, -0.1) is 0 Å². The first kappa shape index (κ1) is 15.7. The number of imide groups is 1. The molecule has 2 amide bonds. The van der Waals surface area contributed by atoms with E-state index in [-0.39, 0.29) is 12.3 Å². The number of amides is 2. The van der Waals surface area contributed by atoms with Crippen molar-refractivity contribution in [3.8, 4) is 0 Å². The lowest BCUT2D eigenvalue weighted by Crippen LogP contribution is -2.35. The van der Waals surface area contributed by atoms with Crippen LogP contribution in [0.4, 0.5) is 0 Å². The lowest BCUT2D eigenvalue weighted by Gasteiger charge is -2.12. The first-order chi connectivity index (χ1) is 10.4. The van der Waals surface area contributed by atoms with Crippen LogP contribution in [0, 0.1) is 11.3 Å². The molecule has 1 fully saturated rings. The van der Waals surface area contributed by atoms with Crippen molar-refractivity contribution >= 4 is 23.6 Å². The zero-order valence-electron chi connectivity index (χ0n) is 11.9. The normalized spacial score (nSPS) is 17.8. The fraction of sp³-hybridized carbons (Fsp3) is 0.333. The van der Waals surface area contributed by atoms with E-state index >= 15 is 0 Å². The molecule has 116 valence electrons. The van der Waals surface area contributed by atoms with Crippen LogP contribution in [0.3, 0.4) is 0 Å². The van der Waals surface area contributed by atoms with E-state index in [2.05, 4.69) is 0 Å². The molecule has 0 bridgehead atoms. The van der Waals surface area contributed by atoms with Crippen LogP contribution in [-0.4, -0.2) is 40.2 Å². The largest absolute Gasteiger partial charge is 0.480 e. The Morgan fingerprint density at radius 2 is 1.86 bits per heavy atom. The quantitative estimate of drug-likeness (QED) is 0.392. The lowest BCUT2D eigenvalue weighted by atomic mass is 9.97. The summed E-state index contributed by atoms with van der Waals surface area (Å²) in [6.07, 6.45) is 0.801. The number of nitrogens with zero attached hydrogens (tertiary/aromatic N) is 1. The van der Waals surface area contributed by atoms with E-state index < -0.39 is 30.2 Å². The zero-order valence-corrected chi connectivity index (χ0v) is 11.9. The highest BCUT2D eigenvalue weighted by Gasteiger charge is 2.39. The Hall–Kier alpha value is -2.70. The number of carboxylic acids is 1. The van der Waals surface area contributed by atoms with Crippen LogP contribution < -0.4 is 5.73 Å². The van der Waals surface area contributed by atoms with Gasteiger partial charge in [0.15, 0.2) is 0 Å². The Bertz CT molecular complexity index is 624. The molecule has 0 aliphatic carbocycles. The number of carbonyl (C=O) groups is 3. The molecule has 0 spiro atoms. The second-order valence-corrected chi connectivity index (χ2v) is 5.34.